The number of halogens is 3. The normalized spacial score (nSPS) is 17.4. The lowest BCUT2D eigenvalue weighted by atomic mass is 10.0. The number of likely N-dealkylation sites (tertiary alicyclic amines) is 1. The highest BCUT2D eigenvalue weighted by molar-refractivity contribution is 6.02. The molecule has 0 radical (unpaired) electrons. The standard InChI is InChI=1S/C30H31F3N6O2/c1-17-3-4-21(31)12-19(17)11-18(2)35-23-5-7-34-28(40)26(23)27-36-24-13-20-15-39(29(41)22(20)14-25(24)37-27)10-9-38-8-6-30(32,33)16-38/h3-5,7,12-14,18H,6,8-11,15-16H2,1-2H3,(H,36,37)(H2,34,35,40)/t18-/m0/s1. The van der Waals surface area contributed by atoms with Gasteiger partial charge in [-0.05, 0) is 67.3 Å². The monoisotopic (exact) mass is 564 g/mol. The Hall–Kier alpha value is -4.12. The number of hydrogen-bond acceptors (Lipinski definition) is 5. The zero-order chi connectivity index (χ0) is 28.9. The molecule has 4 heterocycles. The van der Waals surface area contributed by atoms with Gasteiger partial charge < -0.3 is 20.2 Å². The van der Waals surface area contributed by atoms with Gasteiger partial charge in [-0.2, -0.15) is 0 Å². The molecule has 0 unspecified atom stereocenters. The van der Waals surface area contributed by atoms with Gasteiger partial charge in [0.25, 0.3) is 17.4 Å². The number of rotatable bonds is 8. The summed E-state index contributed by atoms with van der Waals surface area (Å²) in [6.07, 6.45) is 1.97. The number of amides is 1. The van der Waals surface area contributed by atoms with E-state index in [1.807, 2.05) is 19.9 Å². The number of hydrogen-bond donors (Lipinski definition) is 3. The highest BCUT2D eigenvalue weighted by Crippen LogP contribution is 2.31. The van der Waals surface area contributed by atoms with Gasteiger partial charge in [0.15, 0.2) is 0 Å². The number of benzene rings is 2. The maximum Gasteiger partial charge on any atom is 0.261 e. The number of anilines is 1. The minimum atomic E-state index is -2.66. The Kier molecular flexibility index (Phi) is 6.85. The number of imidazole rings is 1. The molecule has 1 amide bonds. The molecular formula is C30H31F3N6O2. The predicted molar refractivity (Wildman–Crippen MR) is 151 cm³/mol. The second-order valence-corrected chi connectivity index (χ2v) is 11.1. The van der Waals surface area contributed by atoms with Gasteiger partial charge in [-0.1, -0.05) is 6.07 Å². The molecule has 8 nitrogen and oxygen atoms in total. The number of carbonyl (C=O) groups excluding carboxylic acids is 1. The van der Waals surface area contributed by atoms with E-state index in [1.54, 1.807) is 34.2 Å². The minimum Gasteiger partial charge on any atom is -0.381 e. The fourth-order valence-electron chi connectivity index (χ4n) is 5.78. The first-order valence-electron chi connectivity index (χ1n) is 13.7. The number of H-pyrrole nitrogens is 2. The van der Waals surface area contributed by atoms with E-state index in [2.05, 4.69) is 20.3 Å². The molecule has 2 aliphatic rings. The molecule has 1 saturated heterocycles. The van der Waals surface area contributed by atoms with E-state index in [4.69, 9.17) is 0 Å². The Morgan fingerprint density at radius 1 is 1.15 bits per heavy atom. The van der Waals surface area contributed by atoms with Crippen molar-refractivity contribution in [2.45, 2.75) is 45.2 Å². The first-order chi connectivity index (χ1) is 19.6. The van der Waals surface area contributed by atoms with Gasteiger partial charge in [0.2, 0.25) is 0 Å². The van der Waals surface area contributed by atoms with Crippen LogP contribution in [0.4, 0.5) is 18.9 Å². The number of fused-ring (bicyclic) bond motifs is 2. The highest BCUT2D eigenvalue weighted by Gasteiger charge is 2.38. The lowest BCUT2D eigenvalue weighted by Gasteiger charge is -2.21. The van der Waals surface area contributed by atoms with Crippen LogP contribution in [0.25, 0.3) is 22.4 Å². The van der Waals surface area contributed by atoms with Crippen molar-refractivity contribution < 1.29 is 18.0 Å². The summed E-state index contributed by atoms with van der Waals surface area (Å²) in [5.41, 5.74) is 5.04. The number of aryl methyl sites for hydroxylation is 1. The maximum absolute atomic E-state index is 13.8. The molecule has 4 aromatic rings. The lowest BCUT2D eigenvalue weighted by molar-refractivity contribution is 0.0116. The minimum absolute atomic E-state index is 0.111. The molecule has 2 aromatic carbocycles. The maximum atomic E-state index is 13.8. The Morgan fingerprint density at radius 2 is 1.98 bits per heavy atom. The van der Waals surface area contributed by atoms with Crippen LogP contribution in [0.2, 0.25) is 0 Å². The van der Waals surface area contributed by atoms with Crippen LogP contribution in [0.3, 0.4) is 0 Å². The molecule has 214 valence electrons. The molecule has 6 rings (SSSR count). The third-order valence-electron chi connectivity index (χ3n) is 7.96. The summed E-state index contributed by atoms with van der Waals surface area (Å²) in [5, 5.41) is 3.38. The zero-order valence-corrected chi connectivity index (χ0v) is 22.9. The van der Waals surface area contributed by atoms with Crippen LogP contribution in [-0.2, 0) is 13.0 Å². The third kappa shape index (κ3) is 5.46. The molecule has 41 heavy (non-hydrogen) atoms. The fourth-order valence-corrected chi connectivity index (χ4v) is 5.78. The average molecular weight is 565 g/mol. The SMILES string of the molecule is Cc1ccc(F)cc1C[C@H](C)Nc1cc[nH]c(=O)c1-c1nc2cc3c(cc2[nH]1)CN(CCN1CCC(F)(F)C1)C3=O. The van der Waals surface area contributed by atoms with Crippen molar-refractivity contribution in [3.05, 3.63) is 81.0 Å². The Bertz CT molecular complexity index is 1700. The summed E-state index contributed by atoms with van der Waals surface area (Å²) >= 11 is 0. The van der Waals surface area contributed by atoms with Gasteiger partial charge in [-0.25, -0.2) is 18.2 Å². The molecule has 0 saturated carbocycles. The van der Waals surface area contributed by atoms with Crippen LogP contribution in [0.5, 0.6) is 0 Å². The van der Waals surface area contributed by atoms with Gasteiger partial charge in [0, 0.05) is 50.4 Å². The Morgan fingerprint density at radius 3 is 2.76 bits per heavy atom. The molecule has 1 fully saturated rings. The van der Waals surface area contributed by atoms with Crippen LogP contribution in [-0.4, -0.2) is 68.8 Å². The van der Waals surface area contributed by atoms with E-state index in [0.717, 1.165) is 16.7 Å². The number of aromatic nitrogens is 3. The Balaban J connectivity index is 1.21. The molecular weight excluding hydrogens is 533 g/mol. The summed E-state index contributed by atoms with van der Waals surface area (Å²) in [4.78, 5) is 40.0. The van der Waals surface area contributed by atoms with Crippen molar-refractivity contribution in [3.8, 4) is 11.4 Å². The molecule has 1 atom stereocenters. The fraction of sp³-hybridized carbons (Fsp3) is 0.367. The average Bonchev–Trinajstić information content (AvgIpc) is 3.57. The summed E-state index contributed by atoms with van der Waals surface area (Å²) < 4.78 is 40.8. The lowest BCUT2D eigenvalue weighted by Crippen LogP contribution is -2.35. The molecule has 0 spiro atoms. The highest BCUT2D eigenvalue weighted by atomic mass is 19.3. The van der Waals surface area contributed by atoms with E-state index in [1.165, 1.54) is 12.1 Å². The van der Waals surface area contributed by atoms with E-state index in [-0.39, 0.29) is 36.3 Å². The van der Waals surface area contributed by atoms with Gasteiger partial charge in [-0.3, -0.25) is 14.5 Å². The van der Waals surface area contributed by atoms with Crippen LogP contribution in [0, 0.1) is 12.7 Å². The van der Waals surface area contributed by atoms with Crippen molar-refractivity contribution in [2.24, 2.45) is 0 Å². The van der Waals surface area contributed by atoms with E-state index >= 15 is 0 Å². The topological polar surface area (TPSA) is 97.1 Å². The molecule has 2 aliphatic heterocycles. The first kappa shape index (κ1) is 27.1. The van der Waals surface area contributed by atoms with E-state index in [9.17, 15) is 22.8 Å². The number of pyridine rings is 1. The third-order valence-corrected chi connectivity index (χ3v) is 7.96. The van der Waals surface area contributed by atoms with E-state index in [0.29, 0.717) is 66.3 Å². The van der Waals surface area contributed by atoms with Crippen LogP contribution in [0.1, 0.15) is 40.4 Å². The second-order valence-electron chi connectivity index (χ2n) is 11.1. The van der Waals surface area contributed by atoms with Gasteiger partial charge >= 0.3 is 0 Å². The largest absolute Gasteiger partial charge is 0.381 e. The number of nitrogens with one attached hydrogen (secondary N) is 3. The number of nitrogens with zero attached hydrogens (tertiary/aromatic N) is 3. The van der Waals surface area contributed by atoms with Gasteiger partial charge in [0.05, 0.1) is 23.3 Å². The zero-order valence-electron chi connectivity index (χ0n) is 22.9. The smallest absolute Gasteiger partial charge is 0.261 e. The summed E-state index contributed by atoms with van der Waals surface area (Å²) in [5.74, 6) is -2.74. The molecule has 2 aromatic heterocycles. The molecule has 0 aliphatic carbocycles. The second kappa shape index (κ2) is 10.4. The van der Waals surface area contributed by atoms with Crippen LogP contribution < -0.4 is 10.9 Å². The molecule has 11 heteroatoms. The van der Waals surface area contributed by atoms with Crippen molar-refractivity contribution in [1.29, 1.82) is 0 Å². The van der Waals surface area contributed by atoms with Crippen molar-refractivity contribution in [1.82, 2.24) is 24.8 Å². The van der Waals surface area contributed by atoms with Gasteiger partial charge in [-0.15, -0.1) is 0 Å². The Labute approximate surface area is 234 Å². The molecule has 3 N–H and O–H groups in total. The van der Waals surface area contributed by atoms with E-state index < -0.39 is 5.92 Å². The van der Waals surface area contributed by atoms with Crippen molar-refractivity contribution in [2.75, 3.05) is 31.5 Å². The molecule has 0 bridgehead atoms. The van der Waals surface area contributed by atoms with Gasteiger partial charge in [0.1, 0.15) is 17.2 Å². The predicted octanol–water partition coefficient (Wildman–Crippen LogP) is 4.71. The number of carbonyl (C=O) groups is 1. The quantitative estimate of drug-likeness (QED) is 0.288. The van der Waals surface area contributed by atoms with Crippen molar-refractivity contribution in [3.63, 3.8) is 0 Å². The number of alkyl halides is 2. The summed E-state index contributed by atoms with van der Waals surface area (Å²) in [6.45, 7) is 5.12. The first-order valence-corrected chi connectivity index (χ1v) is 13.7. The number of aromatic amines is 2. The van der Waals surface area contributed by atoms with Crippen molar-refractivity contribution >= 4 is 22.6 Å². The summed E-state index contributed by atoms with van der Waals surface area (Å²) in [6, 6.07) is 9.94. The van der Waals surface area contributed by atoms with Crippen LogP contribution >= 0.6 is 0 Å². The summed E-state index contributed by atoms with van der Waals surface area (Å²) in [7, 11) is 0. The van der Waals surface area contributed by atoms with Crippen LogP contribution in [0.15, 0.2) is 47.4 Å².